The number of phenols is 1. The minimum absolute atomic E-state index is 0.00150. The number of para-hydroxylation sites is 1. The first-order valence-electron chi connectivity index (χ1n) is 9.40. The van der Waals surface area contributed by atoms with Crippen LogP contribution in [0.3, 0.4) is 0 Å². The van der Waals surface area contributed by atoms with Gasteiger partial charge in [-0.1, -0.05) is 38.3 Å². The number of hydrogen-bond acceptors (Lipinski definition) is 4. The van der Waals surface area contributed by atoms with E-state index in [1.165, 1.54) is 30.3 Å². The van der Waals surface area contributed by atoms with Gasteiger partial charge in [0.15, 0.2) is 0 Å². The van der Waals surface area contributed by atoms with E-state index >= 15 is 0 Å². The van der Waals surface area contributed by atoms with E-state index in [0.717, 1.165) is 37.7 Å². The molecule has 0 atom stereocenters. The highest BCUT2D eigenvalue weighted by atomic mass is 19.1. The van der Waals surface area contributed by atoms with Crippen LogP contribution < -0.4 is 10.9 Å². The summed E-state index contributed by atoms with van der Waals surface area (Å²) in [6, 6.07) is 10.6. The first-order chi connectivity index (χ1) is 13.5. The van der Waals surface area contributed by atoms with E-state index in [-0.39, 0.29) is 22.6 Å². The third-order valence-corrected chi connectivity index (χ3v) is 4.63. The molecule has 3 N–H and O–H groups in total. The predicted octanol–water partition coefficient (Wildman–Crippen LogP) is 5.13. The summed E-state index contributed by atoms with van der Waals surface area (Å²) in [5.74, 6) is -1.06. The third-order valence-electron chi connectivity index (χ3n) is 4.63. The highest BCUT2D eigenvalue weighted by molar-refractivity contribution is 6.05. The molecule has 0 saturated heterocycles. The Morgan fingerprint density at radius 2 is 1.96 bits per heavy atom. The number of nitrogens with one attached hydrogen (secondary N) is 2. The Morgan fingerprint density at radius 1 is 1.18 bits per heavy atom. The lowest BCUT2D eigenvalue weighted by atomic mass is 10.0. The van der Waals surface area contributed by atoms with Gasteiger partial charge < -0.3 is 14.8 Å². The molecule has 0 radical (unpaired) electrons. The lowest BCUT2D eigenvalue weighted by Crippen LogP contribution is -2.21. The van der Waals surface area contributed by atoms with Crippen LogP contribution in [0.5, 0.6) is 5.75 Å². The van der Waals surface area contributed by atoms with Crippen molar-refractivity contribution in [1.29, 1.82) is 5.41 Å². The van der Waals surface area contributed by atoms with Crippen molar-refractivity contribution in [3.05, 3.63) is 65.0 Å². The molecule has 3 aromatic rings. The lowest BCUT2D eigenvalue weighted by Gasteiger charge is -2.09. The molecule has 28 heavy (non-hydrogen) atoms. The van der Waals surface area contributed by atoms with Crippen LogP contribution in [0.1, 0.15) is 48.5 Å². The first-order valence-corrected chi connectivity index (χ1v) is 9.40. The van der Waals surface area contributed by atoms with E-state index in [9.17, 15) is 14.3 Å². The third kappa shape index (κ3) is 4.39. The molecule has 1 amide bonds. The van der Waals surface area contributed by atoms with Crippen molar-refractivity contribution < 1.29 is 18.7 Å². The molecule has 0 saturated carbocycles. The van der Waals surface area contributed by atoms with Crippen molar-refractivity contribution >= 4 is 22.6 Å². The minimum atomic E-state index is -0.627. The highest BCUT2D eigenvalue weighted by Gasteiger charge is 2.15. The van der Waals surface area contributed by atoms with Crippen LogP contribution in [0.25, 0.3) is 11.0 Å². The molecule has 0 unspecified atom stereocenters. The zero-order valence-corrected chi connectivity index (χ0v) is 15.7. The molecule has 3 rings (SSSR count). The molecule has 2 aromatic carbocycles. The summed E-state index contributed by atoms with van der Waals surface area (Å²) in [5, 5.41) is 21.3. The lowest BCUT2D eigenvalue weighted by molar-refractivity contribution is 0.102. The molecule has 0 aliphatic heterocycles. The van der Waals surface area contributed by atoms with Crippen LogP contribution in [0.4, 0.5) is 10.1 Å². The molecule has 0 aliphatic rings. The maximum Gasteiger partial charge on any atom is 0.261 e. The second-order valence-corrected chi connectivity index (χ2v) is 6.75. The second-order valence-electron chi connectivity index (χ2n) is 6.75. The van der Waals surface area contributed by atoms with Crippen molar-refractivity contribution in [2.45, 2.75) is 39.0 Å². The smallest absolute Gasteiger partial charge is 0.261 e. The predicted molar refractivity (Wildman–Crippen MR) is 106 cm³/mol. The normalized spacial score (nSPS) is 10.9. The SMILES string of the molecule is CCCCCCc1cc2cc(C(=O)Nc3ccccc3F)c(=N)oc2cc1O. The second kappa shape index (κ2) is 8.69. The largest absolute Gasteiger partial charge is 0.508 e. The van der Waals surface area contributed by atoms with Crippen molar-refractivity contribution in [2.24, 2.45) is 0 Å². The number of benzene rings is 2. The van der Waals surface area contributed by atoms with Gasteiger partial charge in [0.25, 0.3) is 5.91 Å². The monoisotopic (exact) mass is 382 g/mol. The van der Waals surface area contributed by atoms with Gasteiger partial charge in [-0.05, 0) is 42.7 Å². The topological polar surface area (TPSA) is 86.3 Å². The number of halogens is 1. The number of unbranched alkanes of at least 4 members (excludes halogenated alkanes) is 3. The fourth-order valence-corrected chi connectivity index (χ4v) is 3.08. The molecular weight excluding hydrogens is 359 g/mol. The van der Waals surface area contributed by atoms with Crippen LogP contribution in [-0.4, -0.2) is 11.0 Å². The fraction of sp³-hybridized carbons (Fsp3) is 0.273. The summed E-state index contributed by atoms with van der Waals surface area (Å²) in [6.45, 7) is 2.14. The van der Waals surface area contributed by atoms with Crippen molar-refractivity contribution in [2.75, 3.05) is 5.32 Å². The molecule has 0 spiro atoms. The van der Waals surface area contributed by atoms with Gasteiger partial charge in [-0.2, -0.15) is 0 Å². The van der Waals surface area contributed by atoms with Gasteiger partial charge in [-0.25, -0.2) is 4.39 Å². The number of hydrogen-bond donors (Lipinski definition) is 3. The molecule has 5 nitrogen and oxygen atoms in total. The molecule has 1 heterocycles. The Labute approximate surface area is 162 Å². The van der Waals surface area contributed by atoms with Gasteiger partial charge in [-0.3, -0.25) is 10.2 Å². The highest BCUT2D eigenvalue weighted by Crippen LogP contribution is 2.26. The number of carbonyl (C=O) groups is 1. The number of phenolic OH excluding ortho intramolecular Hbond substituents is 1. The number of anilines is 1. The maximum atomic E-state index is 13.8. The Kier molecular flexibility index (Phi) is 6.09. The van der Waals surface area contributed by atoms with Crippen LogP contribution >= 0.6 is 0 Å². The van der Waals surface area contributed by atoms with E-state index in [1.807, 2.05) is 0 Å². The Bertz CT molecular complexity index is 1060. The zero-order chi connectivity index (χ0) is 20.1. The number of rotatable bonds is 7. The molecule has 6 heteroatoms. The summed E-state index contributed by atoms with van der Waals surface area (Å²) in [5.41, 5.74) is 0.781. The van der Waals surface area contributed by atoms with Crippen LogP contribution in [0.15, 0.2) is 46.9 Å². The summed E-state index contributed by atoms with van der Waals surface area (Å²) in [6.07, 6.45) is 5.05. The standard InChI is InChI=1S/C22H23FN2O3/c1-2-3-4-5-8-14-11-15-12-16(21(24)28-20(15)13-19(14)26)22(27)25-18-10-7-6-9-17(18)23/h6-7,9-13,24,26H,2-5,8H2,1H3,(H,25,27). The quantitative estimate of drug-likeness (QED) is 0.495. The van der Waals surface area contributed by atoms with E-state index in [1.54, 1.807) is 12.1 Å². The summed E-state index contributed by atoms with van der Waals surface area (Å²) in [7, 11) is 0. The van der Waals surface area contributed by atoms with Gasteiger partial charge in [0.2, 0.25) is 5.55 Å². The number of amides is 1. The van der Waals surface area contributed by atoms with Gasteiger partial charge in [0, 0.05) is 11.5 Å². The van der Waals surface area contributed by atoms with Crippen LogP contribution in [-0.2, 0) is 6.42 Å². The summed E-state index contributed by atoms with van der Waals surface area (Å²) >= 11 is 0. The maximum absolute atomic E-state index is 13.8. The molecular formula is C22H23FN2O3. The fourth-order valence-electron chi connectivity index (χ4n) is 3.08. The Morgan fingerprint density at radius 3 is 2.71 bits per heavy atom. The zero-order valence-electron chi connectivity index (χ0n) is 15.7. The van der Waals surface area contributed by atoms with E-state index in [0.29, 0.717) is 11.0 Å². The first kappa shape index (κ1) is 19.6. The number of fused-ring (bicyclic) bond motifs is 1. The van der Waals surface area contributed by atoms with Gasteiger partial charge >= 0.3 is 0 Å². The average molecular weight is 382 g/mol. The van der Waals surface area contributed by atoms with E-state index in [2.05, 4.69) is 12.2 Å². The Hall–Kier alpha value is -3.15. The van der Waals surface area contributed by atoms with Crippen molar-refractivity contribution in [3.63, 3.8) is 0 Å². The van der Waals surface area contributed by atoms with Crippen molar-refractivity contribution in [1.82, 2.24) is 0 Å². The van der Waals surface area contributed by atoms with Gasteiger partial charge in [-0.15, -0.1) is 0 Å². The molecule has 1 aromatic heterocycles. The molecule has 0 bridgehead atoms. The Balaban J connectivity index is 1.89. The summed E-state index contributed by atoms with van der Waals surface area (Å²) < 4.78 is 19.2. The molecule has 0 fully saturated rings. The number of carbonyl (C=O) groups excluding carboxylic acids is 1. The van der Waals surface area contributed by atoms with Crippen molar-refractivity contribution in [3.8, 4) is 5.75 Å². The van der Waals surface area contributed by atoms with Gasteiger partial charge in [0.1, 0.15) is 22.7 Å². The van der Waals surface area contributed by atoms with Crippen LogP contribution in [0.2, 0.25) is 0 Å². The molecule has 0 aliphatic carbocycles. The van der Waals surface area contributed by atoms with E-state index < -0.39 is 11.7 Å². The van der Waals surface area contributed by atoms with Gasteiger partial charge in [0.05, 0.1) is 5.69 Å². The summed E-state index contributed by atoms with van der Waals surface area (Å²) in [4.78, 5) is 12.5. The molecule has 146 valence electrons. The van der Waals surface area contributed by atoms with Crippen LogP contribution in [0, 0.1) is 11.2 Å². The van der Waals surface area contributed by atoms with E-state index in [4.69, 9.17) is 9.83 Å². The number of aromatic hydroxyl groups is 1. The average Bonchev–Trinajstić information content (AvgIpc) is 2.67. The number of aryl methyl sites for hydroxylation is 1. The minimum Gasteiger partial charge on any atom is -0.508 e.